The molecular weight excluding hydrogens is 373 g/mol. The fourth-order valence-corrected chi connectivity index (χ4v) is 3.66. The van der Waals surface area contributed by atoms with Crippen LogP contribution in [0, 0.1) is 5.92 Å². The molecule has 2 heterocycles. The highest BCUT2D eigenvalue weighted by molar-refractivity contribution is 5.85. The number of nitrogens with one attached hydrogen (secondary N) is 1. The number of nitrogens with zero attached hydrogens (tertiary/aromatic N) is 1. The maximum absolute atomic E-state index is 12.4. The summed E-state index contributed by atoms with van der Waals surface area (Å²) in [7, 11) is 0. The molecule has 3 N–H and O–H groups in total. The average Bonchev–Trinajstić information content (AvgIpc) is 3.14. The van der Waals surface area contributed by atoms with Gasteiger partial charge in [0, 0.05) is 26.3 Å². The minimum atomic E-state index is -0.431. The summed E-state index contributed by atoms with van der Waals surface area (Å²) in [6, 6.07) is 7.95. The number of hydrogen-bond donors (Lipinski definition) is 2. The van der Waals surface area contributed by atoms with E-state index in [2.05, 4.69) is 28.4 Å². The summed E-state index contributed by atoms with van der Waals surface area (Å²) in [6.07, 6.45) is 4.33. The van der Waals surface area contributed by atoms with Gasteiger partial charge in [0.05, 0.1) is 6.04 Å². The van der Waals surface area contributed by atoms with Crippen LogP contribution < -0.4 is 11.1 Å². The number of carbonyl (C=O) groups is 1. The maximum atomic E-state index is 12.4. The predicted octanol–water partition coefficient (Wildman–Crippen LogP) is 2.50. The van der Waals surface area contributed by atoms with Crippen molar-refractivity contribution in [2.45, 2.75) is 44.8 Å². The van der Waals surface area contributed by atoms with Gasteiger partial charge in [0.25, 0.3) is 0 Å². The molecule has 5 nitrogen and oxygen atoms in total. The first-order valence-electron chi connectivity index (χ1n) is 9.14. The van der Waals surface area contributed by atoms with Gasteiger partial charge in [-0.25, -0.2) is 0 Å². The zero-order chi connectivity index (χ0) is 16.8. The molecule has 1 amide bonds. The van der Waals surface area contributed by atoms with Gasteiger partial charge in [-0.2, -0.15) is 0 Å². The fraction of sp³-hybridized carbons (Fsp3) is 0.632. The van der Waals surface area contributed by atoms with Gasteiger partial charge in [0.1, 0.15) is 0 Å². The molecule has 2 aliphatic heterocycles. The van der Waals surface area contributed by atoms with Gasteiger partial charge < -0.3 is 15.8 Å². The van der Waals surface area contributed by atoms with E-state index in [1.165, 1.54) is 37.1 Å². The molecule has 2 aliphatic rings. The van der Waals surface area contributed by atoms with Gasteiger partial charge in [-0.15, -0.1) is 24.8 Å². The lowest BCUT2D eigenvalue weighted by Gasteiger charge is -2.27. The van der Waals surface area contributed by atoms with Crippen molar-refractivity contribution in [1.82, 2.24) is 10.2 Å². The molecule has 2 fully saturated rings. The second-order valence-electron chi connectivity index (χ2n) is 6.95. The lowest BCUT2D eigenvalue weighted by molar-refractivity contribution is -0.124. The minimum absolute atomic E-state index is 0. The third-order valence-corrected chi connectivity index (χ3v) is 5.24. The predicted molar refractivity (Wildman–Crippen MR) is 109 cm³/mol. The highest BCUT2D eigenvalue weighted by Gasteiger charge is 2.26. The molecule has 3 rings (SSSR count). The number of benzene rings is 1. The largest absolute Gasteiger partial charge is 0.381 e. The number of likely N-dealkylation sites (tertiary alicyclic amines) is 1. The molecule has 26 heavy (non-hydrogen) atoms. The van der Waals surface area contributed by atoms with E-state index >= 15 is 0 Å². The van der Waals surface area contributed by atoms with E-state index < -0.39 is 6.04 Å². The van der Waals surface area contributed by atoms with Crippen LogP contribution in [0.5, 0.6) is 0 Å². The molecule has 0 spiro atoms. The molecule has 1 aromatic rings. The van der Waals surface area contributed by atoms with Crippen LogP contribution in [0.4, 0.5) is 0 Å². The molecule has 148 valence electrons. The summed E-state index contributed by atoms with van der Waals surface area (Å²) in [5.41, 5.74) is 8.65. The number of hydrogen-bond acceptors (Lipinski definition) is 4. The fourth-order valence-electron chi connectivity index (χ4n) is 3.66. The van der Waals surface area contributed by atoms with E-state index in [1.54, 1.807) is 0 Å². The van der Waals surface area contributed by atoms with E-state index in [0.717, 1.165) is 19.4 Å². The van der Waals surface area contributed by atoms with Crippen LogP contribution in [0.15, 0.2) is 24.3 Å². The number of rotatable bonds is 6. The molecule has 7 heteroatoms. The zero-order valence-electron chi connectivity index (χ0n) is 15.2. The lowest BCUT2D eigenvalue weighted by atomic mass is 9.92. The van der Waals surface area contributed by atoms with E-state index in [1.807, 2.05) is 6.07 Å². The maximum Gasteiger partial charge on any atom is 0.237 e. The smallest absolute Gasteiger partial charge is 0.237 e. The molecule has 1 aromatic carbocycles. The first-order chi connectivity index (χ1) is 11.7. The van der Waals surface area contributed by atoms with Crippen LogP contribution in [0.1, 0.15) is 36.8 Å². The van der Waals surface area contributed by atoms with E-state index in [4.69, 9.17) is 10.5 Å². The Labute approximate surface area is 168 Å². The first-order valence-corrected chi connectivity index (χ1v) is 9.14. The summed E-state index contributed by atoms with van der Waals surface area (Å²) in [4.78, 5) is 14.9. The van der Waals surface area contributed by atoms with E-state index in [-0.39, 0.29) is 36.6 Å². The van der Waals surface area contributed by atoms with Crippen LogP contribution in [0.3, 0.4) is 0 Å². The second kappa shape index (κ2) is 11.8. The van der Waals surface area contributed by atoms with Crippen molar-refractivity contribution >= 4 is 30.7 Å². The molecule has 0 radical (unpaired) electrons. The second-order valence-corrected chi connectivity index (χ2v) is 6.95. The topological polar surface area (TPSA) is 67.6 Å². The SMILES string of the molecule is Cl.Cl.NC(C(=O)NCc1ccccc1CN1CCCC1)C1CCOCC1. The van der Waals surface area contributed by atoms with Crippen molar-refractivity contribution in [2.24, 2.45) is 11.7 Å². The number of nitrogens with two attached hydrogens (primary N) is 1. The Bertz CT molecular complexity index is 547. The van der Waals surface area contributed by atoms with Crippen LogP contribution in [-0.4, -0.2) is 43.2 Å². The Morgan fingerprint density at radius 1 is 1.15 bits per heavy atom. The number of amides is 1. The van der Waals surface area contributed by atoms with Crippen molar-refractivity contribution in [2.75, 3.05) is 26.3 Å². The Kier molecular flexibility index (Phi) is 10.5. The molecule has 0 aromatic heterocycles. The van der Waals surface area contributed by atoms with Crippen molar-refractivity contribution in [3.8, 4) is 0 Å². The third-order valence-electron chi connectivity index (χ3n) is 5.24. The summed E-state index contributed by atoms with van der Waals surface area (Å²) >= 11 is 0. The van der Waals surface area contributed by atoms with Crippen LogP contribution >= 0.6 is 24.8 Å². The molecule has 1 unspecified atom stereocenters. The zero-order valence-corrected chi connectivity index (χ0v) is 16.8. The Morgan fingerprint density at radius 3 is 2.42 bits per heavy atom. The lowest BCUT2D eigenvalue weighted by Crippen LogP contribution is -2.46. The minimum Gasteiger partial charge on any atom is -0.381 e. The van der Waals surface area contributed by atoms with Crippen molar-refractivity contribution in [3.63, 3.8) is 0 Å². The molecule has 1 atom stereocenters. The average molecular weight is 404 g/mol. The Morgan fingerprint density at radius 2 is 1.77 bits per heavy atom. The summed E-state index contributed by atoms with van der Waals surface area (Å²) in [5, 5.41) is 3.04. The van der Waals surface area contributed by atoms with Gasteiger partial charge in [0.2, 0.25) is 5.91 Å². The molecular formula is C19H31Cl2N3O2. The van der Waals surface area contributed by atoms with Gasteiger partial charge >= 0.3 is 0 Å². The Balaban J connectivity index is 0.00000169. The Hall–Kier alpha value is -0.850. The molecule has 0 saturated carbocycles. The van der Waals surface area contributed by atoms with Gasteiger partial charge in [-0.3, -0.25) is 9.69 Å². The normalized spacial score (nSPS) is 19.3. The van der Waals surface area contributed by atoms with Crippen LogP contribution in [0.2, 0.25) is 0 Å². The van der Waals surface area contributed by atoms with Gasteiger partial charge in [-0.1, -0.05) is 24.3 Å². The van der Waals surface area contributed by atoms with E-state index in [9.17, 15) is 4.79 Å². The highest BCUT2D eigenvalue weighted by atomic mass is 35.5. The quantitative estimate of drug-likeness (QED) is 0.765. The van der Waals surface area contributed by atoms with Crippen LogP contribution in [-0.2, 0) is 22.6 Å². The first kappa shape index (κ1) is 23.2. The third kappa shape index (κ3) is 6.39. The summed E-state index contributed by atoms with van der Waals surface area (Å²) in [6.45, 7) is 5.30. The van der Waals surface area contributed by atoms with Gasteiger partial charge in [-0.05, 0) is 55.8 Å². The van der Waals surface area contributed by atoms with Crippen molar-refractivity contribution in [1.29, 1.82) is 0 Å². The monoisotopic (exact) mass is 403 g/mol. The standard InChI is InChI=1S/C19H29N3O2.2ClH/c20-18(15-7-11-24-12-8-15)19(23)21-13-16-5-1-2-6-17(16)14-22-9-3-4-10-22;;/h1-2,5-6,15,18H,3-4,7-14,20H2,(H,21,23);2*1H. The van der Waals surface area contributed by atoms with Crippen molar-refractivity contribution in [3.05, 3.63) is 35.4 Å². The number of halogens is 2. The van der Waals surface area contributed by atoms with Crippen molar-refractivity contribution < 1.29 is 9.53 Å². The van der Waals surface area contributed by atoms with E-state index in [0.29, 0.717) is 19.8 Å². The van der Waals surface area contributed by atoms with Crippen LogP contribution in [0.25, 0.3) is 0 Å². The molecule has 0 aliphatic carbocycles. The molecule has 0 bridgehead atoms. The summed E-state index contributed by atoms with van der Waals surface area (Å²) < 4.78 is 5.35. The van der Waals surface area contributed by atoms with Gasteiger partial charge in [0.15, 0.2) is 0 Å². The molecule has 2 saturated heterocycles. The highest BCUT2D eigenvalue weighted by Crippen LogP contribution is 2.19. The summed E-state index contributed by atoms with van der Waals surface area (Å²) in [5.74, 6) is 0.191. The number of ether oxygens (including phenoxy) is 1. The number of carbonyl (C=O) groups excluding carboxylic acids is 1.